The van der Waals surface area contributed by atoms with Gasteiger partial charge >= 0.3 is 0 Å². The quantitative estimate of drug-likeness (QED) is 0.870. The second-order valence-corrected chi connectivity index (χ2v) is 5.67. The van der Waals surface area contributed by atoms with Crippen molar-refractivity contribution in [2.45, 2.75) is 33.3 Å². The lowest BCUT2D eigenvalue weighted by atomic mass is 10.2. The summed E-state index contributed by atoms with van der Waals surface area (Å²) in [6.07, 6.45) is 2.11. The Balaban J connectivity index is 1.76. The van der Waals surface area contributed by atoms with Gasteiger partial charge in [-0.1, -0.05) is 17.3 Å². The third-order valence-electron chi connectivity index (χ3n) is 3.95. The molecule has 0 unspecified atom stereocenters. The first-order valence-corrected chi connectivity index (χ1v) is 7.59. The molecule has 5 heteroatoms. The summed E-state index contributed by atoms with van der Waals surface area (Å²) < 4.78 is 11.0. The molecular formula is C17H20N2O3. The van der Waals surface area contributed by atoms with Crippen molar-refractivity contribution in [3.05, 3.63) is 46.8 Å². The summed E-state index contributed by atoms with van der Waals surface area (Å²) in [5, 5.41) is 3.94. The number of ether oxygens (including phenoxy) is 1. The maximum absolute atomic E-state index is 12.5. The predicted molar refractivity (Wildman–Crippen MR) is 81.9 cm³/mol. The van der Waals surface area contributed by atoms with Crippen LogP contribution in [-0.2, 0) is 6.61 Å². The third-order valence-corrected chi connectivity index (χ3v) is 3.95. The molecule has 3 rings (SSSR count). The van der Waals surface area contributed by atoms with Gasteiger partial charge in [0.2, 0.25) is 0 Å². The molecule has 1 fully saturated rings. The summed E-state index contributed by atoms with van der Waals surface area (Å²) in [6, 6.07) is 7.82. The van der Waals surface area contributed by atoms with E-state index in [0.717, 1.165) is 42.8 Å². The van der Waals surface area contributed by atoms with Crippen LogP contribution in [0.5, 0.6) is 5.75 Å². The lowest BCUT2D eigenvalue weighted by Crippen LogP contribution is -2.28. The number of hydrogen-bond acceptors (Lipinski definition) is 4. The number of hydrogen-bond donors (Lipinski definition) is 0. The molecule has 1 aromatic heterocycles. The average molecular weight is 300 g/mol. The minimum absolute atomic E-state index is 0.0582. The van der Waals surface area contributed by atoms with E-state index in [2.05, 4.69) is 5.16 Å². The van der Waals surface area contributed by atoms with Gasteiger partial charge in [0.1, 0.15) is 18.1 Å². The molecule has 2 heterocycles. The lowest BCUT2D eigenvalue weighted by Gasteiger charge is -2.14. The Kier molecular flexibility index (Phi) is 4.13. The van der Waals surface area contributed by atoms with Crippen LogP contribution in [0.2, 0.25) is 0 Å². The lowest BCUT2D eigenvalue weighted by molar-refractivity contribution is 0.0780. The highest BCUT2D eigenvalue weighted by molar-refractivity contribution is 5.94. The second-order valence-electron chi connectivity index (χ2n) is 5.67. The number of carbonyl (C=O) groups is 1. The SMILES string of the molecule is Cc1cccc(OCc2c(C(=O)N3CCCC3)noc2C)c1. The van der Waals surface area contributed by atoms with Gasteiger partial charge < -0.3 is 14.2 Å². The van der Waals surface area contributed by atoms with Gasteiger partial charge in [-0.15, -0.1) is 0 Å². The Bertz CT molecular complexity index is 672. The summed E-state index contributed by atoms with van der Waals surface area (Å²) in [5.74, 6) is 1.35. The van der Waals surface area contributed by atoms with Crippen molar-refractivity contribution in [1.82, 2.24) is 10.1 Å². The number of benzene rings is 1. The molecule has 0 N–H and O–H groups in total. The van der Waals surface area contributed by atoms with Gasteiger partial charge in [0.15, 0.2) is 5.69 Å². The highest BCUT2D eigenvalue weighted by atomic mass is 16.5. The zero-order valence-corrected chi connectivity index (χ0v) is 13.0. The van der Waals surface area contributed by atoms with Crippen molar-refractivity contribution in [3.8, 4) is 5.75 Å². The molecule has 0 aliphatic carbocycles. The molecule has 0 spiro atoms. The van der Waals surface area contributed by atoms with Crippen LogP contribution in [0.25, 0.3) is 0 Å². The molecular weight excluding hydrogens is 280 g/mol. The molecule has 0 radical (unpaired) electrons. The van der Waals surface area contributed by atoms with Crippen LogP contribution in [0.4, 0.5) is 0 Å². The molecule has 116 valence electrons. The summed E-state index contributed by atoms with van der Waals surface area (Å²) in [6.45, 7) is 5.70. The summed E-state index contributed by atoms with van der Waals surface area (Å²) >= 11 is 0. The normalized spacial score (nSPS) is 14.4. The zero-order chi connectivity index (χ0) is 15.5. The molecule has 22 heavy (non-hydrogen) atoms. The van der Waals surface area contributed by atoms with Crippen LogP contribution < -0.4 is 4.74 Å². The molecule has 1 aliphatic rings. The Morgan fingerprint density at radius 1 is 1.32 bits per heavy atom. The first-order valence-electron chi connectivity index (χ1n) is 7.59. The van der Waals surface area contributed by atoms with E-state index in [4.69, 9.17) is 9.26 Å². The highest BCUT2D eigenvalue weighted by Crippen LogP contribution is 2.21. The van der Waals surface area contributed by atoms with E-state index in [9.17, 15) is 4.79 Å². The van der Waals surface area contributed by atoms with E-state index in [0.29, 0.717) is 11.5 Å². The van der Waals surface area contributed by atoms with E-state index >= 15 is 0 Å². The number of carbonyl (C=O) groups excluding carboxylic acids is 1. The van der Waals surface area contributed by atoms with Crippen molar-refractivity contribution < 1.29 is 14.1 Å². The van der Waals surface area contributed by atoms with Crippen LogP contribution in [0, 0.1) is 13.8 Å². The van der Waals surface area contributed by atoms with Gasteiger partial charge in [-0.05, 0) is 44.4 Å². The Labute approximate surface area is 129 Å². The number of aromatic nitrogens is 1. The van der Waals surface area contributed by atoms with Crippen LogP contribution in [-0.4, -0.2) is 29.1 Å². The van der Waals surface area contributed by atoms with Gasteiger partial charge in [-0.3, -0.25) is 4.79 Å². The van der Waals surface area contributed by atoms with Gasteiger partial charge in [0, 0.05) is 13.1 Å². The van der Waals surface area contributed by atoms with Crippen molar-refractivity contribution in [2.24, 2.45) is 0 Å². The maximum atomic E-state index is 12.5. The van der Waals surface area contributed by atoms with Crippen LogP contribution in [0.3, 0.4) is 0 Å². The first-order chi connectivity index (χ1) is 10.6. The van der Waals surface area contributed by atoms with Crippen molar-refractivity contribution >= 4 is 5.91 Å². The van der Waals surface area contributed by atoms with E-state index in [1.807, 2.05) is 43.0 Å². The number of likely N-dealkylation sites (tertiary alicyclic amines) is 1. The fraction of sp³-hybridized carbons (Fsp3) is 0.412. The second kappa shape index (κ2) is 6.22. The monoisotopic (exact) mass is 300 g/mol. The van der Waals surface area contributed by atoms with Crippen LogP contribution in [0.15, 0.2) is 28.8 Å². The number of nitrogens with zero attached hydrogens (tertiary/aromatic N) is 2. The highest BCUT2D eigenvalue weighted by Gasteiger charge is 2.26. The Morgan fingerprint density at radius 2 is 2.09 bits per heavy atom. The summed E-state index contributed by atoms with van der Waals surface area (Å²) in [7, 11) is 0. The fourth-order valence-corrected chi connectivity index (χ4v) is 2.66. The molecule has 5 nitrogen and oxygen atoms in total. The molecule has 0 bridgehead atoms. The van der Waals surface area contributed by atoms with Crippen molar-refractivity contribution in [2.75, 3.05) is 13.1 Å². The molecule has 1 amide bonds. The third kappa shape index (κ3) is 2.98. The maximum Gasteiger partial charge on any atom is 0.276 e. The molecule has 0 saturated carbocycles. The van der Waals surface area contributed by atoms with Crippen LogP contribution >= 0.6 is 0 Å². The van der Waals surface area contributed by atoms with E-state index < -0.39 is 0 Å². The van der Waals surface area contributed by atoms with Crippen molar-refractivity contribution in [3.63, 3.8) is 0 Å². The topological polar surface area (TPSA) is 55.6 Å². The molecule has 1 aromatic carbocycles. The first kappa shape index (κ1) is 14.6. The minimum Gasteiger partial charge on any atom is -0.489 e. The summed E-state index contributed by atoms with van der Waals surface area (Å²) in [5.41, 5.74) is 2.25. The fourth-order valence-electron chi connectivity index (χ4n) is 2.66. The predicted octanol–water partition coefficient (Wildman–Crippen LogP) is 3.11. The molecule has 0 atom stereocenters. The average Bonchev–Trinajstić information content (AvgIpc) is 3.14. The minimum atomic E-state index is -0.0582. The van der Waals surface area contributed by atoms with Gasteiger partial charge in [-0.2, -0.15) is 0 Å². The smallest absolute Gasteiger partial charge is 0.276 e. The van der Waals surface area contributed by atoms with E-state index in [-0.39, 0.29) is 12.5 Å². The molecule has 1 aliphatic heterocycles. The van der Waals surface area contributed by atoms with Crippen molar-refractivity contribution in [1.29, 1.82) is 0 Å². The molecule has 1 saturated heterocycles. The van der Waals surface area contributed by atoms with Gasteiger partial charge in [0.05, 0.1) is 5.56 Å². The number of aryl methyl sites for hydroxylation is 2. The molecule has 2 aromatic rings. The standard InChI is InChI=1S/C17H20N2O3/c1-12-6-5-7-14(10-12)21-11-15-13(2)22-18-16(15)17(20)19-8-3-4-9-19/h5-7,10H,3-4,8-9,11H2,1-2H3. The van der Waals surface area contributed by atoms with Gasteiger partial charge in [0.25, 0.3) is 5.91 Å². The Morgan fingerprint density at radius 3 is 2.82 bits per heavy atom. The number of rotatable bonds is 4. The van der Waals surface area contributed by atoms with Crippen LogP contribution in [0.1, 0.15) is 40.2 Å². The largest absolute Gasteiger partial charge is 0.489 e. The Hall–Kier alpha value is -2.30. The van der Waals surface area contributed by atoms with Gasteiger partial charge in [-0.25, -0.2) is 0 Å². The number of amides is 1. The van der Waals surface area contributed by atoms with E-state index in [1.54, 1.807) is 0 Å². The zero-order valence-electron chi connectivity index (χ0n) is 13.0. The summed E-state index contributed by atoms with van der Waals surface area (Å²) in [4.78, 5) is 14.3. The van der Waals surface area contributed by atoms with E-state index in [1.165, 1.54) is 0 Å².